The molecule has 26 heavy (non-hydrogen) atoms. The minimum absolute atomic E-state index is 0.119. The van der Waals surface area contributed by atoms with Crippen LogP contribution in [-0.4, -0.2) is 18.6 Å². The summed E-state index contributed by atoms with van der Waals surface area (Å²) >= 11 is 0. The van der Waals surface area contributed by atoms with Crippen molar-refractivity contribution < 1.29 is 18.7 Å². The number of halogens is 1. The maximum Gasteiger partial charge on any atom is 0.251 e. The highest BCUT2D eigenvalue weighted by Crippen LogP contribution is 2.42. The SMILES string of the molecule is CCC1(CC)C[C@H](NC(=O)c2ccc(OC)c(F)c2)c2ccccc2O1. The molecule has 0 saturated heterocycles. The van der Waals surface area contributed by atoms with E-state index in [1.807, 2.05) is 24.3 Å². The Balaban J connectivity index is 1.88. The molecule has 0 aliphatic carbocycles. The summed E-state index contributed by atoms with van der Waals surface area (Å²) in [6, 6.07) is 11.8. The fourth-order valence-electron chi connectivity index (χ4n) is 3.48. The van der Waals surface area contributed by atoms with Crippen LogP contribution in [0.2, 0.25) is 0 Å². The Morgan fingerprint density at radius 1 is 1.27 bits per heavy atom. The highest BCUT2D eigenvalue weighted by molar-refractivity contribution is 5.94. The third-order valence-electron chi connectivity index (χ3n) is 5.21. The first kappa shape index (κ1) is 18.2. The fraction of sp³-hybridized carbons (Fsp3) is 0.381. The number of ether oxygens (including phenoxy) is 2. The van der Waals surface area contributed by atoms with Crippen LogP contribution < -0.4 is 14.8 Å². The molecule has 1 amide bonds. The number of carbonyl (C=O) groups excluding carboxylic acids is 1. The quantitative estimate of drug-likeness (QED) is 0.847. The van der Waals surface area contributed by atoms with Crippen LogP contribution in [0.4, 0.5) is 4.39 Å². The van der Waals surface area contributed by atoms with E-state index in [1.165, 1.54) is 19.2 Å². The third kappa shape index (κ3) is 3.39. The second kappa shape index (κ2) is 7.36. The molecule has 4 nitrogen and oxygen atoms in total. The van der Waals surface area contributed by atoms with Gasteiger partial charge in [-0.1, -0.05) is 32.0 Å². The van der Waals surface area contributed by atoms with Gasteiger partial charge in [0.25, 0.3) is 5.91 Å². The van der Waals surface area contributed by atoms with E-state index >= 15 is 0 Å². The summed E-state index contributed by atoms with van der Waals surface area (Å²) in [5.41, 5.74) is 0.913. The lowest BCUT2D eigenvalue weighted by Gasteiger charge is -2.41. The Bertz CT molecular complexity index is 802. The fourth-order valence-corrected chi connectivity index (χ4v) is 3.48. The lowest BCUT2D eigenvalue weighted by molar-refractivity contribution is 0.0227. The second-order valence-corrected chi connectivity index (χ2v) is 6.61. The molecular weight excluding hydrogens is 333 g/mol. The number of benzene rings is 2. The van der Waals surface area contributed by atoms with Crippen molar-refractivity contribution in [2.45, 2.75) is 44.8 Å². The van der Waals surface area contributed by atoms with Gasteiger partial charge in [0.2, 0.25) is 0 Å². The van der Waals surface area contributed by atoms with E-state index in [0.717, 1.165) is 24.2 Å². The largest absolute Gasteiger partial charge is 0.494 e. The molecule has 1 atom stereocenters. The zero-order valence-electron chi connectivity index (χ0n) is 15.3. The van der Waals surface area contributed by atoms with Crippen LogP contribution in [0.25, 0.3) is 0 Å². The molecule has 0 radical (unpaired) electrons. The van der Waals surface area contributed by atoms with Gasteiger partial charge in [-0.2, -0.15) is 0 Å². The highest BCUT2D eigenvalue weighted by atomic mass is 19.1. The number of para-hydroxylation sites is 1. The van der Waals surface area contributed by atoms with Gasteiger partial charge in [-0.15, -0.1) is 0 Å². The number of rotatable bonds is 5. The molecule has 0 aromatic heterocycles. The van der Waals surface area contributed by atoms with Crippen LogP contribution in [0.15, 0.2) is 42.5 Å². The van der Waals surface area contributed by atoms with E-state index in [4.69, 9.17) is 9.47 Å². The van der Waals surface area contributed by atoms with Crippen LogP contribution in [0.3, 0.4) is 0 Å². The minimum atomic E-state index is -0.552. The standard InChI is InChI=1S/C21H24FNO3/c1-4-21(5-2)13-17(15-8-6-7-9-18(15)26-21)23-20(24)14-10-11-19(25-3)16(22)12-14/h6-12,17H,4-5,13H2,1-3H3,(H,23,24)/t17-/m0/s1. The average molecular weight is 357 g/mol. The number of hydrogen-bond donors (Lipinski definition) is 1. The molecule has 1 aliphatic heterocycles. The summed E-state index contributed by atoms with van der Waals surface area (Å²) in [6.45, 7) is 4.18. The van der Waals surface area contributed by atoms with Crippen molar-refractivity contribution >= 4 is 5.91 Å². The number of nitrogens with one attached hydrogen (secondary N) is 1. The van der Waals surface area contributed by atoms with Crippen molar-refractivity contribution in [3.8, 4) is 11.5 Å². The van der Waals surface area contributed by atoms with Gasteiger partial charge in [0.05, 0.1) is 13.2 Å². The van der Waals surface area contributed by atoms with Gasteiger partial charge >= 0.3 is 0 Å². The van der Waals surface area contributed by atoms with Gasteiger partial charge < -0.3 is 14.8 Å². The monoisotopic (exact) mass is 357 g/mol. The summed E-state index contributed by atoms with van der Waals surface area (Å²) in [5, 5.41) is 3.05. The average Bonchev–Trinajstić information content (AvgIpc) is 2.67. The summed E-state index contributed by atoms with van der Waals surface area (Å²) in [5.74, 6) is 0.0564. The molecule has 1 N–H and O–H groups in total. The van der Waals surface area contributed by atoms with Gasteiger partial charge in [-0.3, -0.25) is 4.79 Å². The predicted octanol–water partition coefficient (Wildman–Crippen LogP) is 4.65. The van der Waals surface area contributed by atoms with Gasteiger partial charge in [0.15, 0.2) is 11.6 Å². The Kier molecular flexibility index (Phi) is 5.16. The van der Waals surface area contributed by atoms with Gasteiger partial charge in [-0.05, 0) is 37.1 Å². The van der Waals surface area contributed by atoms with Crippen molar-refractivity contribution in [1.82, 2.24) is 5.32 Å². The number of amides is 1. The first-order valence-electron chi connectivity index (χ1n) is 8.94. The van der Waals surface area contributed by atoms with Crippen molar-refractivity contribution in [3.05, 3.63) is 59.4 Å². The maximum absolute atomic E-state index is 13.9. The molecule has 1 heterocycles. The zero-order chi connectivity index (χ0) is 18.7. The molecular formula is C21H24FNO3. The molecule has 0 bridgehead atoms. The summed E-state index contributed by atoms with van der Waals surface area (Å²) in [4.78, 5) is 12.7. The van der Waals surface area contributed by atoms with E-state index in [-0.39, 0.29) is 28.9 Å². The lowest BCUT2D eigenvalue weighted by atomic mass is 9.83. The lowest BCUT2D eigenvalue weighted by Crippen LogP contribution is -2.44. The Labute approximate surface area is 153 Å². The Morgan fingerprint density at radius 3 is 2.65 bits per heavy atom. The van der Waals surface area contributed by atoms with Crippen LogP contribution in [0.5, 0.6) is 11.5 Å². The molecule has 0 fully saturated rings. The topological polar surface area (TPSA) is 47.6 Å². The van der Waals surface area contributed by atoms with E-state index in [0.29, 0.717) is 6.42 Å². The van der Waals surface area contributed by atoms with Gasteiger partial charge in [0.1, 0.15) is 11.4 Å². The molecule has 3 rings (SSSR count). The van der Waals surface area contributed by atoms with Crippen molar-refractivity contribution in [1.29, 1.82) is 0 Å². The number of methoxy groups -OCH3 is 1. The molecule has 138 valence electrons. The molecule has 2 aromatic rings. The van der Waals surface area contributed by atoms with E-state index in [2.05, 4.69) is 19.2 Å². The van der Waals surface area contributed by atoms with Gasteiger partial charge in [-0.25, -0.2) is 4.39 Å². The van der Waals surface area contributed by atoms with E-state index in [1.54, 1.807) is 6.07 Å². The molecule has 0 saturated carbocycles. The normalized spacial score (nSPS) is 17.8. The molecule has 5 heteroatoms. The zero-order valence-corrected chi connectivity index (χ0v) is 15.3. The van der Waals surface area contributed by atoms with Crippen molar-refractivity contribution in [2.75, 3.05) is 7.11 Å². The van der Waals surface area contributed by atoms with Crippen molar-refractivity contribution in [3.63, 3.8) is 0 Å². The first-order valence-corrected chi connectivity index (χ1v) is 8.94. The van der Waals surface area contributed by atoms with E-state index in [9.17, 15) is 9.18 Å². The van der Waals surface area contributed by atoms with Crippen LogP contribution in [0, 0.1) is 5.82 Å². The minimum Gasteiger partial charge on any atom is -0.494 e. The Morgan fingerprint density at radius 2 is 2.00 bits per heavy atom. The van der Waals surface area contributed by atoms with Crippen molar-refractivity contribution in [2.24, 2.45) is 0 Å². The highest BCUT2D eigenvalue weighted by Gasteiger charge is 2.39. The second-order valence-electron chi connectivity index (χ2n) is 6.61. The molecule has 0 spiro atoms. The van der Waals surface area contributed by atoms with Gasteiger partial charge in [0, 0.05) is 17.5 Å². The molecule has 1 aliphatic rings. The van der Waals surface area contributed by atoms with Crippen LogP contribution in [0.1, 0.15) is 55.1 Å². The molecule has 2 aromatic carbocycles. The third-order valence-corrected chi connectivity index (χ3v) is 5.21. The summed E-state index contributed by atoms with van der Waals surface area (Å²) in [6.07, 6.45) is 2.38. The predicted molar refractivity (Wildman–Crippen MR) is 98.2 cm³/mol. The van der Waals surface area contributed by atoms with E-state index < -0.39 is 5.82 Å². The van der Waals surface area contributed by atoms with Crippen LogP contribution >= 0.6 is 0 Å². The molecule has 0 unspecified atom stereocenters. The summed E-state index contributed by atoms with van der Waals surface area (Å²) < 4.78 is 25.1. The number of hydrogen-bond acceptors (Lipinski definition) is 3. The first-order chi connectivity index (χ1) is 12.5. The maximum atomic E-state index is 13.9. The number of fused-ring (bicyclic) bond motifs is 1. The summed E-state index contributed by atoms with van der Waals surface area (Å²) in [7, 11) is 1.40. The number of carbonyl (C=O) groups is 1. The smallest absolute Gasteiger partial charge is 0.251 e. The Hall–Kier alpha value is -2.56. The van der Waals surface area contributed by atoms with Crippen LogP contribution in [-0.2, 0) is 0 Å².